The number of morpholine rings is 1. The Kier molecular flexibility index (Phi) is 10.2. The lowest BCUT2D eigenvalue weighted by Gasteiger charge is -2.28. The van der Waals surface area contributed by atoms with Crippen LogP contribution in [0, 0.1) is 0 Å². The van der Waals surface area contributed by atoms with Gasteiger partial charge in [-0.2, -0.15) is 0 Å². The summed E-state index contributed by atoms with van der Waals surface area (Å²) in [6, 6.07) is 9.05. The van der Waals surface area contributed by atoms with E-state index >= 15 is 0 Å². The van der Waals surface area contributed by atoms with E-state index in [0.29, 0.717) is 38.9 Å². The molecule has 38 heavy (non-hydrogen) atoms. The number of phenolic OH excluding ortho intramolecular Hbond substituents is 1. The summed E-state index contributed by atoms with van der Waals surface area (Å²) in [5, 5.41) is 15.0. The van der Waals surface area contributed by atoms with E-state index in [1.807, 2.05) is 6.07 Å². The number of anilines is 1. The molecule has 3 heterocycles. The summed E-state index contributed by atoms with van der Waals surface area (Å²) >= 11 is 1.66. The molecule has 3 N–H and O–H groups in total. The van der Waals surface area contributed by atoms with Gasteiger partial charge in [0.05, 0.1) is 43.3 Å². The first-order valence-electron chi connectivity index (χ1n) is 12.6. The van der Waals surface area contributed by atoms with Crippen molar-refractivity contribution in [2.24, 2.45) is 0 Å². The third-order valence-electron chi connectivity index (χ3n) is 5.91. The van der Waals surface area contributed by atoms with Crippen molar-refractivity contribution >= 4 is 39.2 Å². The smallest absolute Gasteiger partial charge is 0.222 e. The molecule has 0 atom stereocenters. The van der Waals surface area contributed by atoms with Crippen molar-refractivity contribution in [2.75, 3.05) is 64.8 Å². The van der Waals surface area contributed by atoms with Crippen LogP contribution in [0.2, 0.25) is 0 Å². The molecule has 2 aromatic heterocycles. The van der Waals surface area contributed by atoms with E-state index in [0.717, 1.165) is 46.0 Å². The largest absolute Gasteiger partial charge is 0.508 e. The molecular formula is C26H33N5O6S. The zero-order chi connectivity index (χ0) is 26.7. The first kappa shape index (κ1) is 27.7. The van der Waals surface area contributed by atoms with Crippen LogP contribution in [0.15, 0.2) is 30.3 Å². The molecule has 0 unspecified atom stereocenters. The van der Waals surface area contributed by atoms with Gasteiger partial charge in [-0.3, -0.25) is 9.59 Å². The molecule has 0 radical (unpaired) electrons. The molecule has 0 spiro atoms. The predicted molar refractivity (Wildman–Crippen MR) is 144 cm³/mol. The molecule has 1 aromatic carbocycles. The number of carbonyl (C=O) groups is 2. The molecular weight excluding hydrogens is 510 g/mol. The summed E-state index contributed by atoms with van der Waals surface area (Å²) in [6.45, 7) is 4.18. The molecule has 1 aliphatic heterocycles. The van der Waals surface area contributed by atoms with Crippen LogP contribution in [0.4, 0.5) is 5.82 Å². The number of amides is 2. The molecule has 12 heteroatoms. The number of aromatic nitrogens is 2. The number of rotatable bonds is 13. The Morgan fingerprint density at radius 1 is 1.08 bits per heavy atom. The summed E-state index contributed by atoms with van der Waals surface area (Å²) in [7, 11) is 1.54. The number of carbonyl (C=O) groups excluding carboxylic acids is 2. The van der Waals surface area contributed by atoms with Gasteiger partial charge in [0, 0.05) is 49.8 Å². The first-order valence-corrected chi connectivity index (χ1v) is 13.4. The third-order valence-corrected chi connectivity index (χ3v) is 7.09. The van der Waals surface area contributed by atoms with E-state index in [4.69, 9.17) is 24.2 Å². The highest BCUT2D eigenvalue weighted by Gasteiger charge is 2.20. The Balaban J connectivity index is 1.29. The molecule has 3 aromatic rings. The fourth-order valence-electron chi connectivity index (χ4n) is 3.89. The molecule has 1 saturated heterocycles. The maximum Gasteiger partial charge on any atom is 0.222 e. The maximum absolute atomic E-state index is 11.6. The van der Waals surface area contributed by atoms with Crippen LogP contribution in [0.1, 0.15) is 17.7 Å². The summed E-state index contributed by atoms with van der Waals surface area (Å²) in [5.74, 6) is 1.24. The topological polar surface area (TPSA) is 135 Å². The molecule has 1 aliphatic rings. The van der Waals surface area contributed by atoms with Crippen molar-refractivity contribution in [3.05, 3.63) is 35.2 Å². The number of nitrogens with zero attached hydrogens (tertiary/aromatic N) is 3. The number of nitrogens with one attached hydrogen (secondary N) is 2. The Morgan fingerprint density at radius 3 is 2.66 bits per heavy atom. The number of hydrogen-bond donors (Lipinski definition) is 3. The fraction of sp³-hybridized carbons (Fsp3) is 0.462. The second kappa shape index (κ2) is 14.0. The molecule has 204 valence electrons. The van der Waals surface area contributed by atoms with E-state index < -0.39 is 0 Å². The van der Waals surface area contributed by atoms with Crippen LogP contribution in [0.3, 0.4) is 0 Å². The quantitative estimate of drug-likeness (QED) is 0.219. The number of ether oxygens (including phenoxy) is 3. The highest BCUT2D eigenvalue weighted by Crippen LogP contribution is 2.35. The van der Waals surface area contributed by atoms with Crippen LogP contribution in [-0.4, -0.2) is 86.8 Å². The van der Waals surface area contributed by atoms with Crippen molar-refractivity contribution < 1.29 is 28.9 Å². The highest BCUT2D eigenvalue weighted by atomic mass is 32.1. The SMILES string of the molecule is CNC(=O)CCC(=O)NCOCCOCCc1cc2nc(-c3cccc(O)c3)nc(N3CCOCC3)c2s1. The number of hydrogen-bond acceptors (Lipinski definition) is 10. The number of fused-ring (bicyclic) bond motifs is 1. The minimum Gasteiger partial charge on any atom is -0.508 e. The Labute approximate surface area is 225 Å². The van der Waals surface area contributed by atoms with Gasteiger partial charge in [-0.05, 0) is 18.2 Å². The fourth-order valence-corrected chi connectivity index (χ4v) is 4.98. The summed E-state index contributed by atoms with van der Waals surface area (Å²) in [5.41, 5.74) is 1.63. The van der Waals surface area contributed by atoms with Gasteiger partial charge in [0.2, 0.25) is 11.8 Å². The van der Waals surface area contributed by atoms with Gasteiger partial charge in [0.25, 0.3) is 0 Å². The van der Waals surface area contributed by atoms with E-state index in [2.05, 4.69) is 21.6 Å². The van der Waals surface area contributed by atoms with Gasteiger partial charge in [-0.25, -0.2) is 9.97 Å². The second-order valence-electron chi connectivity index (χ2n) is 8.64. The normalized spacial score (nSPS) is 13.6. The van der Waals surface area contributed by atoms with Gasteiger partial charge >= 0.3 is 0 Å². The van der Waals surface area contributed by atoms with E-state index in [1.165, 1.54) is 7.05 Å². The molecule has 2 amide bonds. The number of thiophene rings is 1. The van der Waals surface area contributed by atoms with Gasteiger partial charge in [0.1, 0.15) is 12.5 Å². The van der Waals surface area contributed by atoms with Crippen LogP contribution >= 0.6 is 11.3 Å². The van der Waals surface area contributed by atoms with Crippen LogP contribution in [-0.2, 0) is 30.2 Å². The lowest BCUT2D eigenvalue weighted by molar-refractivity contribution is -0.127. The van der Waals surface area contributed by atoms with Gasteiger partial charge in [0.15, 0.2) is 11.6 Å². The molecule has 1 fully saturated rings. The van der Waals surface area contributed by atoms with Gasteiger partial charge < -0.3 is 34.9 Å². The minimum atomic E-state index is -0.231. The van der Waals surface area contributed by atoms with Crippen molar-refractivity contribution in [1.29, 1.82) is 0 Å². The number of aromatic hydroxyl groups is 1. The highest BCUT2D eigenvalue weighted by molar-refractivity contribution is 7.19. The van der Waals surface area contributed by atoms with E-state index in [-0.39, 0.29) is 37.1 Å². The molecule has 11 nitrogen and oxygen atoms in total. The molecule has 0 bridgehead atoms. The lowest BCUT2D eigenvalue weighted by Crippen LogP contribution is -2.36. The van der Waals surface area contributed by atoms with Crippen molar-refractivity contribution in [2.45, 2.75) is 19.3 Å². The lowest BCUT2D eigenvalue weighted by atomic mass is 10.2. The van der Waals surface area contributed by atoms with Crippen LogP contribution in [0.5, 0.6) is 5.75 Å². The monoisotopic (exact) mass is 543 g/mol. The van der Waals surface area contributed by atoms with E-state index in [9.17, 15) is 14.7 Å². The summed E-state index contributed by atoms with van der Waals surface area (Å²) < 4.78 is 17.6. The molecule has 0 aliphatic carbocycles. The van der Waals surface area contributed by atoms with Gasteiger partial charge in [-0.1, -0.05) is 12.1 Å². The third kappa shape index (κ3) is 7.84. The predicted octanol–water partition coefficient (Wildman–Crippen LogP) is 2.08. The Bertz CT molecular complexity index is 1230. The molecule has 4 rings (SSSR count). The number of phenols is 1. The minimum absolute atomic E-state index is 0.0801. The molecule has 0 saturated carbocycles. The first-order chi connectivity index (χ1) is 18.5. The number of benzene rings is 1. The Morgan fingerprint density at radius 2 is 1.87 bits per heavy atom. The second-order valence-corrected chi connectivity index (χ2v) is 9.77. The van der Waals surface area contributed by atoms with Crippen LogP contribution in [0.25, 0.3) is 21.6 Å². The Hall–Kier alpha value is -3.32. The average molecular weight is 544 g/mol. The zero-order valence-corrected chi connectivity index (χ0v) is 22.2. The average Bonchev–Trinajstić information content (AvgIpc) is 3.36. The van der Waals surface area contributed by atoms with Crippen LogP contribution < -0.4 is 15.5 Å². The summed E-state index contributed by atoms with van der Waals surface area (Å²) in [6.07, 6.45) is 1.00. The van der Waals surface area contributed by atoms with Crippen molar-refractivity contribution in [3.63, 3.8) is 0 Å². The zero-order valence-electron chi connectivity index (χ0n) is 21.4. The standard InChI is InChI=1S/C26H33N5O6S/c1-27-22(33)5-6-23(34)28-17-37-14-13-35-10-7-20-16-21-24(38-20)26(31-8-11-36-12-9-31)30-25(29-21)18-3-2-4-19(32)15-18/h2-4,15-16,32H,5-14,17H2,1H3,(H,27,33)(H,28,34). The van der Waals surface area contributed by atoms with Gasteiger partial charge in [-0.15, -0.1) is 11.3 Å². The maximum atomic E-state index is 11.6. The summed E-state index contributed by atoms with van der Waals surface area (Å²) in [4.78, 5) is 35.8. The van der Waals surface area contributed by atoms with Crippen molar-refractivity contribution in [1.82, 2.24) is 20.6 Å². The van der Waals surface area contributed by atoms with Crippen molar-refractivity contribution in [3.8, 4) is 17.1 Å². The van der Waals surface area contributed by atoms with E-state index in [1.54, 1.807) is 29.5 Å².